The average Bonchev–Trinajstić information content (AvgIpc) is 3.54. The van der Waals surface area contributed by atoms with E-state index in [2.05, 4.69) is 0 Å². The van der Waals surface area contributed by atoms with Gasteiger partial charge in [0.05, 0.1) is 28.5 Å². The molecule has 7 nitrogen and oxygen atoms in total. The topological polar surface area (TPSA) is 82.1 Å². The molecule has 4 aromatic carbocycles. The Bertz CT molecular complexity index is 1830. The highest BCUT2D eigenvalue weighted by Gasteiger charge is 2.60. The number of hydrogen-bond acceptors (Lipinski definition) is 6. The van der Waals surface area contributed by atoms with Crippen molar-refractivity contribution in [1.29, 1.82) is 0 Å². The van der Waals surface area contributed by atoms with Gasteiger partial charge in [-0.05, 0) is 40.8 Å². The number of ether oxygens (including phenoxy) is 3. The van der Waals surface area contributed by atoms with Crippen molar-refractivity contribution in [3.8, 4) is 17.2 Å². The number of carbonyl (C=O) groups is 3. The lowest BCUT2D eigenvalue weighted by atomic mass is 9.64. The molecule has 8 rings (SSSR count). The van der Waals surface area contributed by atoms with Crippen LogP contribution in [0, 0.1) is 17.8 Å². The number of halogens is 1. The van der Waals surface area contributed by atoms with Crippen molar-refractivity contribution in [3.05, 3.63) is 101 Å². The van der Waals surface area contributed by atoms with Crippen LogP contribution in [0.3, 0.4) is 0 Å². The lowest BCUT2D eigenvalue weighted by Gasteiger charge is -2.38. The van der Waals surface area contributed by atoms with E-state index in [0.29, 0.717) is 28.5 Å². The molecule has 4 aromatic rings. The van der Waals surface area contributed by atoms with E-state index in [1.165, 1.54) is 0 Å². The van der Waals surface area contributed by atoms with E-state index in [1.54, 1.807) is 30.3 Å². The fourth-order valence-corrected chi connectivity index (χ4v) is 6.83. The Morgan fingerprint density at radius 1 is 0.800 bits per heavy atom. The zero-order chi connectivity index (χ0) is 27.1. The number of benzene rings is 4. The Hall–Kier alpha value is -4.62. The molecule has 40 heavy (non-hydrogen) atoms. The molecule has 0 unspecified atom stereocenters. The zero-order valence-corrected chi connectivity index (χ0v) is 21.6. The van der Waals surface area contributed by atoms with E-state index >= 15 is 0 Å². The Kier molecular flexibility index (Phi) is 4.91. The summed E-state index contributed by atoms with van der Waals surface area (Å²) < 4.78 is 17.1. The van der Waals surface area contributed by atoms with Crippen LogP contribution in [0.25, 0.3) is 16.3 Å². The minimum Gasteiger partial charge on any atom is -0.454 e. The molecule has 0 bridgehead atoms. The monoisotopic (exact) mass is 549 g/mol. The molecule has 196 valence electrons. The Balaban J connectivity index is 1.35. The van der Waals surface area contributed by atoms with Gasteiger partial charge in [-0.2, -0.15) is 0 Å². The summed E-state index contributed by atoms with van der Waals surface area (Å²) in [5.41, 5.74) is 2.51. The maximum absolute atomic E-state index is 14.2. The van der Waals surface area contributed by atoms with E-state index < -0.39 is 41.5 Å². The highest BCUT2D eigenvalue weighted by Crippen LogP contribution is 2.56. The number of esters is 1. The van der Waals surface area contributed by atoms with Crippen molar-refractivity contribution in [2.45, 2.75) is 5.92 Å². The molecule has 0 aromatic heterocycles. The van der Waals surface area contributed by atoms with Gasteiger partial charge in [-0.15, -0.1) is 0 Å². The third-order valence-corrected chi connectivity index (χ3v) is 8.68. The molecule has 1 saturated heterocycles. The third kappa shape index (κ3) is 3.15. The number of fused-ring (bicyclic) bond motifs is 8. The van der Waals surface area contributed by atoms with Crippen molar-refractivity contribution >= 4 is 51.4 Å². The molecule has 0 spiro atoms. The van der Waals surface area contributed by atoms with Crippen molar-refractivity contribution in [1.82, 2.24) is 0 Å². The van der Waals surface area contributed by atoms with E-state index in [9.17, 15) is 14.4 Å². The van der Waals surface area contributed by atoms with Gasteiger partial charge in [-0.3, -0.25) is 14.4 Å². The van der Waals surface area contributed by atoms with Crippen LogP contribution in [-0.4, -0.2) is 24.6 Å². The summed E-state index contributed by atoms with van der Waals surface area (Å²) in [5, 5.41) is 2.02. The summed E-state index contributed by atoms with van der Waals surface area (Å²) >= 11 is 6.46. The van der Waals surface area contributed by atoms with Crippen LogP contribution in [0.5, 0.6) is 17.2 Å². The van der Waals surface area contributed by atoms with Crippen molar-refractivity contribution < 1.29 is 28.6 Å². The van der Waals surface area contributed by atoms with Gasteiger partial charge in [0.1, 0.15) is 5.75 Å². The maximum Gasteiger partial charge on any atom is 0.319 e. The first-order valence-electron chi connectivity index (χ1n) is 13.0. The van der Waals surface area contributed by atoms with Crippen LogP contribution < -0.4 is 19.1 Å². The largest absolute Gasteiger partial charge is 0.454 e. The predicted octanol–water partition coefficient (Wildman–Crippen LogP) is 5.74. The highest BCUT2D eigenvalue weighted by atomic mass is 35.5. The number of allylic oxidation sites excluding steroid dienone is 1. The van der Waals surface area contributed by atoms with Crippen molar-refractivity contribution in [2.75, 3.05) is 11.7 Å². The summed E-state index contributed by atoms with van der Waals surface area (Å²) in [6.45, 7) is 0.114. The molecule has 1 fully saturated rings. The van der Waals surface area contributed by atoms with Crippen LogP contribution in [0.2, 0.25) is 5.02 Å². The number of imide groups is 1. The molecule has 0 N–H and O–H groups in total. The second kappa shape index (κ2) is 8.44. The quantitative estimate of drug-likeness (QED) is 0.180. The molecule has 4 atom stereocenters. The minimum absolute atomic E-state index is 0.114. The van der Waals surface area contributed by atoms with Crippen molar-refractivity contribution in [2.24, 2.45) is 17.8 Å². The summed E-state index contributed by atoms with van der Waals surface area (Å²) in [4.78, 5) is 43.2. The predicted molar refractivity (Wildman–Crippen MR) is 147 cm³/mol. The Morgan fingerprint density at radius 2 is 1.57 bits per heavy atom. The van der Waals surface area contributed by atoms with Gasteiger partial charge in [0, 0.05) is 16.9 Å². The number of rotatable bonds is 2. The Morgan fingerprint density at radius 3 is 2.45 bits per heavy atom. The van der Waals surface area contributed by atoms with Gasteiger partial charge in [-0.1, -0.05) is 72.3 Å². The summed E-state index contributed by atoms with van der Waals surface area (Å²) in [6.07, 6.45) is 1.96. The molecular formula is C32H20ClNO6. The second-order valence-corrected chi connectivity index (χ2v) is 10.7. The average molecular weight is 550 g/mol. The smallest absolute Gasteiger partial charge is 0.319 e. The van der Waals surface area contributed by atoms with Crippen LogP contribution in [-0.2, 0) is 14.4 Å². The van der Waals surface area contributed by atoms with Crippen LogP contribution in [0.4, 0.5) is 5.69 Å². The zero-order valence-electron chi connectivity index (χ0n) is 20.9. The third-order valence-electron chi connectivity index (χ3n) is 8.36. The number of nitrogens with zero attached hydrogens (tertiary/aromatic N) is 1. The lowest BCUT2D eigenvalue weighted by Crippen LogP contribution is -2.42. The van der Waals surface area contributed by atoms with Gasteiger partial charge < -0.3 is 14.2 Å². The first kappa shape index (κ1) is 23.3. The molecule has 0 saturated carbocycles. The number of anilines is 1. The van der Waals surface area contributed by atoms with Gasteiger partial charge >= 0.3 is 5.97 Å². The standard InChI is InChI=1S/C32H20ClNO6/c33-22-7-3-4-8-23(22)34-30(35)26-20(17-10-12-24-25(13-17)39-15-38-24)14-21-19-11-9-16-5-1-2-6-18(16)29(19)40-32(37)27(21)28(26)31(34)36/h1-14,20,26-28H,15H2/t20-,26+,27-,28-/m1/s1. The normalized spacial score (nSPS) is 24.4. The summed E-state index contributed by atoms with van der Waals surface area (Å²) in [6, 6.07) is 23.8. The summed E-state index contributed by atoms with van der Waals surface area (Å²) in [7, 11) is 0. The number of para-hydroxylation sites is 1. The minimum atomic E-state index is -0.966. The number of amides is 2. The Labute approximate surface area is 233 Å². The van der Waals surface area contributed by atoms with Gasteiger partial charge in [0.15, 0.2) is 11.5 Å². The molecular weight excluding hydrogens is 530 g/mol. The fourth-order valence-electron chi connectivity index (χ4n) is 6.60. The molecule has 2 amide bonds. The summed E-state index contributed by atoms with van der Waals surface area (Å²) in [5.74, 6) is -3.02. The van der Waals surface area contributed by atoms with Crippen molar-refractivity contribution in [3.63, 3.8) is 0 Å². The molecule has 8 heteroatoms. The molecule has 4 aliphatic rings. The lowest BCUT2D eigenvalue weighted by molar-refractivity contribution is -0.142. The van der Waals surface area contributed by atoms with E-state index in [4.69, 9.17) is 25.8 Å². The maximum atomic E-state index is 14.2. The van der Waals surface area contributed by atoms with E-state index in [-0.39, 0.29) is 11.8 Å². The van der Waals surface area contributed by atoms with E-state index in [0.717, 1.165) is 26.8 Å². The molecule has 1 aliphatic carbocycles. The van der Waals surface area contributed by atoms with Gasteiger partial charge in [-0.25, -0.2) is 4.90 Å². The molecule has 3 heterocycles. The van der Waals surface area contributed by atoms with Crippen LogP contribution in [0.15, 0.2) is 84.9 Å². The second-order valence-electron chi connectivity index (χ2n) is 10.3. The number of carbonyl (C=O) groups excluding carboxylic acids is 3. The van der Waals surface area contributed by atoms with E-state index in [1.807, 2.05) is 54.6 Å². The number of hydrogen-bond donors (Lipinski definition) is 0. The first-order chi connectivity index (χ1) is 19.5. The molecule has 3 aliphatic heterocycles. The highest BCUT2D eigenvalue weighted by molar-refractivity contribution is 6.36. The fraction of sp³-hybridized carbons (Fsp3) is 0.156. The van der Waals surface area contributed by atoms with Gasteiger partial charge in [0.25, 0.3) is 0 Å². The SMILES string of the molecule is O=C1Oc2c(ccc3ccccc23)C2=C[C@H](c3ccc4c(c3)OCO4)[C@@H]3C(=O)N(c4ccccc4Cl)C(=O)[C@H]3[C@H]12. The van der Waals surface area contributed by atoms with Gasteiger partial charge in [0.2, 0.25) is 18.6 Å². The molecule has 0 radical (unpaired) electrons. The first-order valence-corrected chi connectivity index (χ1v) is 13.4. The van der Waals surface area contributed by atoms with Crippen LogP contribution in [0.1, 0.15) is 17.0 Å². The van der Waals surface area contributed by atoms with Crippen LogP contribution >= 0.6 is 11.6 Å².